The van der Waals surface area contributed by atoms with Gasteiger partial charge in [-0.3, -0.25) is 4.79 Å². The van der Waals surface area contributed by atoms with Gasteiger partial charge in [-0.15, -0.1) is 0 Å². The second kappa shape index (κ2) is 6.47. The molecule has 1 fully saturated rings. The number of hydrogen-bond donors (Lipinski definition) is 2. The number of likely N-dealkylation sites (N-methyl/N-ethyl adjacent to an activating group) is 1. The molecule has 2 N–H and O–H groups in total. The van der Waals surface area contributed by atoms with Gasteiger partial charge in [0.15, 0.2) is 0 Å². The summed E-state index contributed by atoms with van der Waals surface area (Å²) in [4.78, 5) is 11.9. The van der Waals surface area contributed by atoms with Crippen molar-refractivity contribution < 1.29 is 14.6 Å². The Morgan fingerprint density at radius 2 is 2.44 bits per heavy atom. The maximum Gasteiger partial charge on any atom is 0.326 e. The maximum absolute atomic E-state index is 11.9. The second-order valence-electron chi connectivity index (χ2n) is 4.01. The largest absolute Gasteiger partial charge is 0.465 e. The van der Waals surface area contributed by atoms with Gasteiger partial charge in [-0.2, -0.15) is 11.8 Å². The van der Waals surface area contributed by atoms with Gasteiger partial charge in [0, 0.05) is 11.0 Å². The van der Waals surface area contributed by atoms with Crippen LogP contribution in [0.5, 0.6) is 0 Å². The number of nitrogens with one attached hydrogen (secondary N) is 1. The number of aliphatic hydroxyl groups excluding tert-OH is 1. The van der Waals surface area contributed by atoms with Crippen molar-refractivity contribution >= 4 is 17.7 Å². The van der Waals surface area contributed by atoms with Gasteiger partial charge in [0.1, 0.15) is 5.54 Å². The van der Waals surface area contributed by atoms with Gasteiger partial charge in [-0.1, -0.05) is 0 Å². The summed E-state index contributed by atoms with van der Waals surface area (Å²) in [6, 6.07) is 0. The number of thioether (sulfide) groups is 1. The molecule has 0 bridgehead atoms. The van der Waals surface area contributed by atoms with E-state index in [1.54, 1.807) is 11.8 Å². The van der Waals surface area contributed by atoms with E-state index in [1.165, 1.54) is 0 Å². The number of aliphatic hydroxyl groups is 1. The normalized spacial score (nSPS) is 29.3. The van der Waals surface area contributed by atoms with E-state index < -0.39 is 5.54 Å². The summed E-state index contributed by atoms with van der Waals surface area (Å²) in [5.41, 5.74) is -0.497. The van der Waals surface area contributed by atoms with Crippen molar-refractivity contribution in [2.45, 2.75) is 37.0 Å². The zero-order valence-corrected chi connectivity index (χ0v) is 10.8. The first-order valence-electron chi connectivity index (χ1n) is 5.77. The molecule has 2 atom stereocenters. The summed E-state index contributed by atoms with van der Waals surface area (Å²) < 4.78 is 5.11. The Kier molecular flexibility index (Phi) is 5.58. The summed E-state index contributed by atoms with van der Waals surface area (Å²) in [6.45, 7) is 2.46. The lowest BCUT2D eigenvalue weighted by Crippen LogP contribution is -2.49. The van der Waals surface area contributed by atoms with Crippen LogP contribution in [-0.2, 0) is 9.53 Å². The minimum Gasteiger partial charge on any atom is -0.465 e. The van der Waals surface area contributed by atoms with Gasteiger partial charge in [0.2, 0.25) is 0 Å². The lowest BCUT2D eigenvalue weighted by molar-refractivity contribution is -0.150. The third-order valence-electron chi connectivity index (χ3n) is 3.06. The quantitative estimate of drug-likeness (QED) is 0.680. The van der Waals surface area contributed by atoms with Crippen LogP contribution in [0.2, 0.25) is 0 Å². The first-order valence-corrected chi connectivity index (χ1v) is 6.82. The highest BCUT2D eigenvalue weighted by Crippen LogP contribution is 2.37. The molecule has 0 aromatic rings. The van der Waals surface area contributed by atoms with Crippen molar-refractivity contribution in [2.75, 3.05) is 26.0 Å². The van der Waals surface area contributed by atoms with Gasteiger partial charge in [0.05, 0.1) is 13.2 Å². The predicted octanol–water partition coefficient (Wildman–Crippen LogP) is 0.786. The smallest absolute Gasteiger partial charge is 0.326 e. The third-order valence-corrected chi connectivity index (χ3v) is 4.35. The Labute approximate surface area is 101 Å². The number of ether oxygens (including phenoxy) is 1. The minimum absolute atomic E-state index is 0.135. The van der Waals surface area contributed by atoms with Crippen LogP contribution in [0.15, 0.2) is 0 Å². The molecule has 1 aliphatic rings. The number of carbonyl (C=O) groups is 1. The summed E-state index contributed by atoms with van der Waals surface area (Å²) in [5.74, 6) is 0.609. The molecule has 0 heterocycles. The average molecular weight is 247 g/mol. The van der Waals surface area contributed by atoms with Gasteiger partial charge < -0.3 is 15.2 Å². The fraction of sp³-hybridized carbons (Fsp3) is 0.909. The van der Waals surface area contributed by atoms with Crippen LogP contribution < -0.4 is 5.32 Å². The van der Waals surface area contributed by atoms with Crippen LogP contribution in [0.1, 0.15) is 26.2 Å². The van der Waals surface area contributed by atoms with E-state index in [0.29, 0.717) is 11.9 Å². The van der Waals surface area contributed by atoms with E-state index >= 15 is 0 Å². The number of carbonyl (C=O) groups excluding carboxylic acids is 1. The molecule has 0 aliphatic heterocycles. The standard InChI is InChI=1S/C11H21NO3S/c1-3-15-10(14)11(12-2)5-4-9(8-11)16-7-6-13/h9,12-13H,3-8H2,1-2H3. The van der Waals surface area contributed by atoms with Crippen molar-refractivity contribution in [3.8, 4) is 0 Å². The zero-order valence-electron chi connectivity index (χ0n) is 9.99. The van der Waals surface area contributed by atoms with E-state index in [4.69, 9.17) is 9.84 Å². The summed E-state index contributed by atoms with van der Waals surface area (Å²) in [6.07, 6.45) is 2.63. The molecule has 2 unspecified atom stereocenters. The molecule has 0 radical (unpaired) electrons. The fourth-order valence-electron chi connectivity index (χ4n) is 2.15. The number of hydrogen-bond acceptors (Lipinski definition) is 5. The Morgan fingerprint density at radius 1 is 1.69 bits per heavy atom. The van der Waals surface area contributed by atoms with Gasteiger partial charge in [0.25, 0.3) is 0 Å². The average Bonchev–Trinajstić information content (AvgIpc) is 2.71. The molecular weight excluding hydrogens is 226 g/mol. The monoisotopic (exact) mass is 247 g/mol. The topological polar surface area (TPSA) is 58.6 Å². The minimum atomic E-state index is -0.497. The predicted molar refractivity (Wildman–Crippen MR) is 65.6 cm³/mol. The molecule has 1 aliphatic carbocycles. The molecule has 1 saturated carbocycles. The second-order valence-corrected chi connectivity index (χ2v) is 5.42. The summed E-state index contributed by atoms with van der Waals surface area (Å²) >= 11 is 1.74. The molecule has 0 spiro atoms. The van der Waals surface area contributed by atoms with Gasteiger partial charge in [-0.05, 0) is 33.2 Å². The fourth-order valence-corrected chi connectivity index (χ4v) is 3.27. The molecule has 16 heavy (non-hydrogen) atoms. The number of esters is 1. The van der Waals surface area contributed by atoms with E-state index in [1.807, 2.05) is 14.0 Å². The Balaban J connectivity index is 2.53. The highest BCUT2D eigenvalue weighted by molar-refractivity contribution is 7.99. The van der Waals surface area contributed by atoms with Crippen molar-refractivity contribution in [3.05, 3.63) is 0 Å². The summed E-state index contributed by atoms with van der Waals surface area (Å²) in [7, 11) is 1.82. The maximum atomic E-state index is 11.9. The number of rotatable bonds is 6. The van der Waals surface area contributed by atoms with Crippen molar-refractivity contribution in [2.24, 2.45) is 0 Å². The van der Waals surface area contributed by atoms with Crippen LogP contribution in [0.4, 0.5) is 0 Å². The van der Waals surface area contributed by atoms with Crippen LogP contribution in [-0.4, -0.2) is 47.9 Å². The highest BCUT2D eigenvalue weighted by Gasteiger charge is 2.45. The van der Waals surface area contributed by atoms with Gasteiger partial charge in [-0.25, -0.2) is 0 Å². The molecule has 1 rings (SSSR count). The Bertz CT molecular complexity index is 237. The van der Waals surface area contributed by atoms with Crippen molar-refractivity contribution in [3.63, 3.8) is 0 Å². The molecule has 0 aromatic carbocycles. The molecule has 94 valence electrons. The zero-order chi connectivity index (χ0) is 12.0. The van der Waals surface area contributed by atoms with E-state index in [-0.39, 0.29) is 12.6 Å². The van der Waals surface area contributed by atoms with Crippen LogP contribution in [0.3, 0.4) is 0 Å². The Morgan fingerprint density at radius 3 is 3.00 bits per heavy atom. The first-order chi connectivity index (χ1) is 7.68. The van der Waals surface area contributed by atoms with Crippen LogP contribution >= 0.6 is 11.8 Å². The lowest BCUT2D eigenvalue weighted by Gasteiger charge is -2.26. The lowest BCUT2D eigenvalue weighted by atomic mass is 9.98. The van der Waals surface area contributed by atoms with Crippen LogP contribution in [0, 0.1) is 0 Å². The third kappa shape index (κ3) is 3.12. The molecule has 4 nitrogen and oxygen atoms in total. The summed E-state index contributed by atoms with van der Waals surface area (Å²) in [5, 5.41) is 12.3. The van der Waals surface area contributed by atoms with E-state index in [0.717, 1.165) is 25.0 Å². The van der Waals surface area contributed by atoms with E-state index in [2.05, 4.69) is 5.32 Å². The molecule has 5 heteroatoms. The molecule has 0 amide bonds. The molecular formula is C11H21NO3S. The molecule has 0 saturated heterocycles. The van der Waals surface area contributed by atoms with Crippen LogP contribution in [0.25, 0.3) is 0 Å². The SMILES string of the molecule is CCOC(=O)C1(NC)CCC(SCCO)C1. The first kappa shape index (κ1) is 13.8. The van der Waals surface area contributed by atoms with E-state index in [9.17, 15) is 4.79 Å². The highest BCUT2D eigenvalue weighted by atomic mass is 32.2. The van der Waals surface area contributed by atoms with Crippen molar-refractivity contribution in [1.29, 1.82) is 0 Å². The molecule has 0 aromatic heterocycles. The van der Waals surface area contributed by atoms with Crippen molar-refractivity contribution in [1.82, 2.24) is 5.32 Å². The van der Waals surface area contributed by atoms with Gasteiger partial charge >= 0.3 is 5.97 Å². The Hall–Kier alpha value is -0.260.